The van der Waals surface area contributed by atoms with Crippen LogP contribution in [-0.4, -0.2) is 50.0 Å². The van der Waals surface area contributed by atoms with Gasteiger partial charge in [0, 0.05) is 11.7 Å². The first-order valence-corrected chi connectivity index (χ1v) is 14.6. The van der Waals surface area contributed by atoms with Crippen molar-refractivity contribution in [3.05, 3.63) is 50.8 Å². The number of Topliss-reactive ketones (excluding diaryl/α,β-unsaturated/α-hetero) is 1. The molecule has 210 valence electrons. The van der Waals surface area contributed by atoms with Crippen molar-refractivity contribution in [2.45, 2.75) is 85.2 Å². The molecule has 3 fully saturated rings. The number of halogens is 2. The molecule has 3 saturated carbocycles. The summed E-state index contributed by atoms with van der Waals surface area (Å²) in [6, 6.07) is 3.43. The SMILES string of the molecule is Cc1cc(Cl)c(C(=O)CN(C(=O)c2cnn(C3CCC(C)(C(=O)O)CC3)c2C)[C@H]2C[C@@H]3[C@H](C2)C3(C)C)c(Cl)c1. The van der Waals surface area contributed by atoms with Gasteiger partial charge in [0.2, 0.25) is 0 Å². The minimum atomic E-state index is -0.763. The number of fused-ring (bicyclic) bond motifs is 1. The van der Waals surface area contributed by atoms with Crippen LogP contribution in [0.15, 0.2) is 18.3 Å². The molecule has 1 amide bonds. The molecule has 9 heteroatoms. The second-order valence-corrected chi connectivity index (χ2v) is 13.6. The third-order valence-electron chi connectivity index (χ3n) is 10.0. The Balaban J connectivity index is 1.40. The predicted molar refractivity (Wildman–Crippen MR) is 151 cm³/mol. The molecule has 1 heterocycles. The van der Waals surface area contributed by atoms with E-state index in [2.05, 4.69) is 18.9 Å². The number of benzene rings is 1. The lowest BCUT2D eigenvalue weighted by molar-refractivity contribution is -0.150. The van der Waals surface area contributed by atoms with E-state index in [0.29, 0.717) is 53.1 Å². The Kier molecular flexibility index (Phi) is 7.16. The maximum absolute atomic E-state index is 14.1. The van der Waals surface area contributed by atoms with Crippen molar-refractivity contribution in [3.8, 4) is 0 Å². The Morgan fingerprint density at radius 1 is 1.05 bits per heavy atom. The van der Waals surface area contributed by atoms with E-state index in [9.17, 15) is 19.5 Å². The van der Waals surface area contributed by atoms with E-state index in [-0.39, 0.29) is 41.3 Å². The van der Waals surface area contributed by atoms with E-state index < -0.39 is 11.4 Å². The molecule has 3 aliphatic carbocycles. The number of carboxylic acid groups (broad SMARTS) is 1. The van der Waals surface area contributed by atoms with Crippen LogP contribution in [-0.2, 0) is 4.79 Å². The number of hydrogen-bond acceptors (Lipinski definition) is 4. The van der Waals surface area contributed by atoms with Crippen molar-refractivity contribution >= 4 is 40.9 Å². The van der Waals surface area contributed by atoms with Crippen LogP contribution in [0.1, 0.15) is 97.3 Å². The zero-order valence-electron chi connectivity index (χ0n) is 23.3. The first-order valence-electron chi connectivity index (χ1n) is 13.8. The highest BCUT2D eigenvalue weighted by atomic mass is 35.5. The predicted octanol–water partition coefficient (Wildman–Crippen LogP) is 6.77. The number of hydrogen-bond donors (Lipinski definition) is 1. The lowest BCUT2D eigenvalue weighted by Crippen LogP contribution is -2.43. The molecule has 0 spiro atoms. The smallest absolute Gasteiger partial charge is 0.309 e. The van der Waals surface area contributed by atoms with Crippen LogP contribution in [0.25, 0.3) is 0 Å². The second-order valence-electron chi connectivity index (χ2n) is 12.8. The Morgan fingerprint density at radius 3 is 2.15 bits per heavy atom. The van der Waals surface area contributed by atoms with Gasteiger partial charge >= 0.3 is 5.97 Å². The van der Waals surface area contributed by atoms with Gasteiger partial charge in [-0.1, -0.05) is 37.0 Å². The van der Waals surface area contributed by atoms with Gasteiger partial charge in [-0.2, -0.15) is 5.10 Å². The minimum Gasteiger partial charge on any atom is -0.481 e. The number of nitrogens with zero attached hydrogens (tertiary/aromatic N) is 3. The molecule has 0 aliphatic heterocycles. The minimum absolute atomic E-state index is 0.0406. The number of carbonyl (C=O) groups is 3. The fourth-order valence-electron chi connectivity index (χ4n) is 7.15. The van der Waals surface area contributed by atoms with Crippen LogP contribution < -0.4 is 0 Å². The number of rotatable bonds is 7. The molecule has 5 rings (SSSR count). The molecule has 7 nitrogen and oxygen atoms in total. The average Bonchev–Trinajstić information content (AvgIpc) is 3.23. The highest BCUT2D eigenvalue weighted by molar-refractivity contribution is 6.40. The molecule has 3 atom stereocenters. The summed E-state index contributed by atoms with van der Waals surface area (Å²) < 4.78 is 1.87. The number of aliphatic carboxylic acids is 1. The Labute approximate surface area is 239 Å². The fourth-order valence-corrected chi connectivity index (χ4v) is 7.96. The first kappa shape index (κ1) is 28.2. The van der Waals surface area contributed by atoms with Crippen molar-refractivity contribution in [1.82, 2.24) is 14.7 Å². The van der Waals surface area contributed by atoms with Gasteiger partial charge in [0.1, 0.15) is 0 Å². The molecule has 0 unspecified atom stereocenters. The Hall–Kier alpha value is -2.38. The number of carboxylic acids is 1. The number of aromatic nitrogens is 2. The van der Waals surface area contributed by atoms with E-state index in [1.54, 1.807) is 30.2 Å². The quantitative estimate of drug-likeness (QED) is 0.369. The summed E-state index contributed by atoms with van der Waals surface area (Å²) in [7, 11) is 0. The van der Waals surface area contributed by atoms with Gasteiger partial charge in [-0.3, -0.25) is 19.1 Å². The van der Waals surface area contributed by atoms with E-state index in [4.69, 9.17) is 23.2 Å². The average molecular weight is 575 g/mol. The summed E-state index contributed by atoms with van der Waals surface area (Å²) in [5.41, 5.74) is 1.91. The normalized spacial score (nSPS) is 29.1. The fraction of sp³-hybridized carbons (Fsp3) is 0.600. The number of aryl methyl sites for hydroxylation is 1. The maximum Gasteiger partial charge on any atom is 0.309 e. The summed E-state index contributed by atoms with van der Waals surface area (Å²) in [4.78, 5) is 41.0. The maximum atomic E-state index is 14.1. The molecule has 0 saturated heterocycles. The summed E-state index contributed by atoms with van der Waals surface area (Å²) in [5, 5.41) is 14.8. The molecule has 39 heavy (non-hydrogen) atoms. The summed E-state index contributed by atoms with van der Waals surface area (Å²) in [5.74, 6) is -0.144. The first-order chi connectivity index (χ1) is 18.2. The van der Waals surface area contributed by atoms with Crippen molar-refractivity contribution in [1.29, 1.82) is 0 Å². The van der Waals surface area contributed by atoms with Gasteiger partial charge in [0.05, 0.1) is 45.4 Å². The summed E-state index contributed by atoms with van der Waals surface area (Å²) in [6.07, 6.45) is 5.85. The molecule has 3 aliphatic rings. The third kappa shape index (κ3) is 4.90. The van der Waals surface area contributed by atoms with E-state index >= 15 is 0 Å². The molecular formula is C30H37Cl2N3O4. The molecule has 1 N–H and O–H groups in total. The Morgan fingerprint density at radius 2 is 1.62 bits per heavy atom. The Bertz CT molecular complexity index is 1300. The number of ketones is 1. The van der Waals surface area contributed by atoms with Crippen molar-refractivity contribution in [2.24, 2.45) is 22.7 Å². The monoisotopic (exact) mass is 573 g/mol. The van der Waals surface area contributed by atoms with Crippen LogP contribution in [0.5, 0.6) is 0 Å². The van der Waals surface area contributed by atoms with Crippen LogP contribution in [0, 0.1) is 36.5 Å². The third-order valence-corrected chi connectivity index (χ3v) is 10.6. The van der Waals surface area contributed by atoms with Crippen molar-refractivity contribution < 1.29 is 19.5 Å². The molecule has 2 aromatic rings. The number of carbonyl (C=O) groups excluding carboxylic acids is 2. The second kappa shape index (κ2) is 9.91. The highest BCUT2D eigenvalue weighted by Crippen LogP contribution is 2.67. The zero-order valence-corrected chi connectivity index (χ0v) is 24.8. The largest absolute Gasteiger partial charge is 0.481 e. The van der Waals surface area contributed by atoms with Crippen LogP contribution in [0.2, 0.25) is 10.0 Å². The lowest BCUT2D eigenvalue weighted by Gasteiger charge is -2.34. The van der Waals surface area contributed by atoms with Crippen LogP contribution in [0.4, 0.5) is 0 Å². The highest BCUT2D eigenvalue weighted by Gasteiger charge is 2.63. The standard InChI is InChI=1S/C30H37Cl2N3O4/c1-16-10-23(31)26(24(32)11-16)25(36)15-34(19-12-21-22(13-19)29(21,3)4)27(37)20-14-33-35(17(20)2)18-6-8-30(5,9-7-18)28(38)39/h10-11,14,18-19,21-22H,6-9,12-13,15H2,1-5H3,(H,38,39)/t18?,19-,21+,22-,30?. The number of amides is 1. The van der Waals surface area contributed by atoms with Gasteiger partial charge in [-0.05, 0) is 94.2 Å². The van der Waals surface area contributed by atoms with Crippen molar-refractivity contribution in [2.75, 3.05) is 6.54 Å². The van der Waals surface area contributed by atoms with Gasteiger partial charge in [0.15, 0.2) is 5.78 Å². The molecule has 0 radical (unpaired) electrons. The van der Waals surface area contributed by atoms with Gasteiger partial charge in [-0.25, -0.2) is 0 Å². The summed E-state index contributed by atoms with van der Waals surface area (Å²) in [6.45, 7) is 9.99. The lowest BCUT2D eigenvalue weighted by atomic mass is 9.74. The zero-order chi connectivity index (χ0) is 28.4. The van der Waals surface area contributed by atoms with Crippen LogP contribution in [0.3, 0.4) is 0 Å². The van der Waals surface area contributed by atoms with Gasteiger partial charge < -0.3 is 10.0 Å². The topological polar surface area (TPSA) is 92.5 Å². The van der Waals surface area contributed by atoms with E-state index in [1.807, 2.05) is 18.5 Å². The molecule has 1 aromatic heterocycles. The van der Waals surface area contributed by atoms with Crippen LogP contribution >= 0.6 is 23.2 Å². The van der Waals surface area contributed by atoms with Gasteiger partial charge in [0.25, 0.3) is 5.91 Å². The molecular weight excluding hydrogens is 537 g/mol. The summed E-state index contributed by atoms with van der Waals surface area (Å²) >= 11 is 12.9. The van der Waals surface area contributed by atoms with E-state index in [0.717, 1.165) is 24.1 Å². The molecule has 0 bridgehead atoms. The molecule has 1 aromatic carbocycles. The van der Waals surface area contributed by atoms with E-state index in [1.165, 1.54) is 0 Å². The van der Waals surface area contributed by atoms with Gasteiger partial charge in [-0.15, -0.1) is 0 Å². The van der Waals surface area contributed by atoms with Crippen molar-refractivity contribution in [3.63, 3.8) is 0 Å².